The maximum Gasteiger partial charge on any atom is 0.160 e. The lowest BCUT2D eigenvalue weighted by Gasteiger charge is -2.50. The Balaban J connectivity index is 1.62. The first-order valence-corrected chi connectivity index (χ1v) is 9.58. The third-order valence-corrected chi connectivity index (χ3v) is 7.32. The van der Waals surface area contributed by atoms with Crippen molar-refractivity contribution in [3.63, 3.8) is 0 Å². The zero-order valence-electron chi connectivity index (χ0n) is 15.6. The Bertz CT molecular complexity index is 643. The van der Waals surface area contributed by atoms with Crippen LogP contribution in [0.2, 0.25) is 0 Å². The summed E-state index contributed by atoms with van der Waals surface area (Å²) < 4.78 is 16.6. The van der Waals surface area contributed by atoms with Gasteiger partial charge in [-0.2, -0.15) is 0 Å². The smallest absolute Gasteiger partial charge is 0.160 e. The molecule has 138 valence electrons. The first-order valence-electron chi connectivity index (χ1n) is 9.58. The fourth-order valence-electron chi connectivity index (χ4n) is 6.13. The van der Waals surface area contributed by atoms with Crippen molar-refractivity contribution < 1.29 is 19.3 Å². The molecule has 4 nitrogen and oxygen atoms in total. The van der Waals surface area contributed by atoms with Gasteiger partial charge in [-0.1, -0.05) is 6.92 Å². The van der Waals surface area contributed by atoms with Crippen LogP contribution in [0.1, 0.15) is 56.1 Å². The number of phenolic OH excluding ortho intramolecular Hbond substituents is 1. The fraction of sp³-hybridized carbons (Fsp3) is 0.714. The molecule has 3 aliphatic carbocycles. The summed E-state index contributed by atoms with van der Waals surface area (Å²) >= 11 is 0. The van der Waals surface area contributed by atoms with Gasteiger partial charge >= 0.3 is 0 Å². The fourth-order valence-corrected chi connectivity index (χ4v) is 6.13. The highest BCUT2D eigenvalue weighted by molar-refractivity contribution is 5.49. The molecule has 0 aromatic heterocycles. The Kier molecular flexibility index (Phi) is 4.45. The standard InChI is InChI=1S/C21H30O4/c1-21-9-8-14-15(17(21)6-7-20(21)25-12-23-2)5-4-13-10-18(22)19(24-3)11-16(13)14/h10-11,14-15,17,20,22H,4-9,12H2,1-3H3/t14-,15+,17-,20+,21-/m0/s1. The molecule has 25 heavy (non-hydrogen) atoms. The van der Waals surface area contributed by atoms with Gasteiger partial charge in [-0.15, -0.1) is 0 Å². The van der Waals surface area contributed by atoms with Gasteiger partial charge in [0.25, 0.3) is 0 Å². The number of methoxy groups -OCH3 is 2. The van der Waals surface area contributed by atoms with Gasteiger partial charge in [0.1, 0.15) is 6.79 Å². The molecule has 2 saturated carbocycles. The Morgan fingerprint density at radius 3 is 2.76 bits per heavy atom. The number of hydrogen-bond acceptors (Lipinski definition) is 4. The highest BCUT2D eigenvalue weighted by Gasteiger charge is 2.55. The molecule has 0 radical (unpaired) electrons. The minimum Gasteiger partial charge on any atom is -0.504 e. The van der Waals surface area contributed by atoms with Gasteiger partial charge in [-0.05, 0) is 85.0 Å². The minimum atomic E-state index is 0.272. The number of rotatable bonds is 4. The van der Waals surface area contributed by atoms with E-state index in [0.29, 0.717) is 24.6 Å². The molecule has 0 heterocycles. The monoisotopic (exact) mass is 346 g/mol. The summed E-state index contributed by atoms with van der Waals surface area (Å²) in [5.41, 5.74) is 3.00. The van der Waals surface area contributed by atoms with E-state index in [1.165, 1.54) is 36.8 Å². The molecule has 0 aliphatic heterocycles. The summed E-state index contributed by atoms with van der Waals surface area (Å²) in [5.74, 6) is 2.92. The molecule has 0 bridgehead atoms. The van der Waals surface area contributed by atoms with Gasteiger partial charge in [-0.3, -0.25) is 0 Å². The molecule has 1 aromatic carbocycles. The maximum atomic E-state index is 10.1. The van der Waals surface area contributed by atoms with E-state index < -0.39 is 0 Å². The lowest BCUT2D eigenvalue weighted by Crippen LogP contribution is -2.44. The van der Waals surface area contributed by atoms with Crippen molar-refractivity contribution in [2.75, 3.05) is 21.0 Å². The van der Waals surface area contributed by atoms with Crippen LogP contribution in [0.25, 0.3) is 0 Å². The average Bonchev–Trinajstić information content (AvgIpc) is 2.95. The van der Waals surface area contributed by atoms with Gasteiger partial charge in [0.15, 0.2) is 11.5 Å². The topological polar surface area (TPSA) is 47.9 Å². The molecular weight excluding hydrogens is 316 g/mol. The molecule has 1 aromatic rings. The maximum absolute atomic E-state index is 10.1. The first kappa shape index (κ1) is 17.2. The SMILES string of the molecule is COCO[C@@H]1CC[C@H]2[C@@H]3CCc4cc(O)c(OC)cc4[C@H]3CC[C@]12C. The van der Waals surface area contributed by atoms with Crippen molar-refractivity contribution in [3.05, 3.63) is 23.3 Å². The van der Waals surface area contributed by atoms with E-state index in [1.807, 2.05) is 6.07 Å². The highest BCUT2D eigenvalue weighted by Crippen LogP contribution is 2.61. The third kappa shape index (κ3) is 2.65. The number of benzene rings is 1. The zero-order valence-corrected chi connectivity index (χ0v) is 15.6. The van der Waals surface area contributed by atoms with Crippen molar-refractivity contribution in [3.8, 4) is 11.5 Å². The lowest BCUT2D eigenvalue weighted by atomic mass is 9.55. The Hall–Kier alpha value is -1.26. The van der Waals surface area contributed by atoms with Gasteiger partial charge < -0.3 is 19.3 Å². The van der Waals surface area contributed by atoms with Gasteiger partial charge in [0.05, 0.1) is 13.2 Å². The van der Waals surface area contributed by atoms with E-state index in [2.05, 4.69) is 13.0 Å². The predicted molar refractivity (Wildman–Crippen MR) is 96.0 cm³/mol. The molecule has 4 rings (SSSR count). The third-order valence-electron chi connectivity index (χ3n) is 7.32. The molecule has 3 aliphatic rings. The highest BCUT2D eigenvalue weighted by atomic mass is 16.7. The van der Waals surface area contributed by atoms with Gasteiger partial charge in [0.2, 0.25) is 0 Å². The van der Waals surface area contributed by atoms with Crippen LogP contribution >= 0.6 is 0 Å². The van der Waals surface area contributed by atoms with E-state index in [1.54, 1.807) is 14.2 Å². The largest absolute Gasteiger partial charge is 0.504 e. The molecule has 4 heteroatoms. The lowest BCUT2D eigenvalue weighted by molar-refractivity contribution is -0.125. The number of aromatic hydroxyl groups is 1. The number of phenols is 1. The summed E-state index contributed by atoms with van der Waals surface area (Å²) in [6, 6.07) is 4.02. The Morgan fingerprint density at radius 2 is 2.00 bits per heavy atom. The Morgan fingerprint density at radius 1 is 1.16 bits per heavy atom. The quantitative estimate of drug-likeness (QED) is 0.828. The van der Waals surface area contributed by atoms with Crippen LogP contribution in [0.15, 0.2) is 12.1 Å². The number of ether oxygens (including phenoxy) is 3. The summed E-state index contributed by atoms with van der Waals surface area (Å²) in [4.78, 5) is 0. The van der Waals surface area contributed by atoms with E-state index in [4.69, 9.17) is 14.2 Å². The molecule has 1 N–H and O–H groups in total. The van der Waals surface area contributed by atoms with Crippen molar-refractivity contribution in [2.45, 2.75) is 57.5 Å². The van der Waals surface area contributed by atoms with E-state index >= 15 is 0 Å². The summed E-state index contributed by atoms with van der Waals surface area (Å²) in [6.45, 7) is 2.84. The van der Waals surface area contributed by atoms with Gasteiger partial charge in [-0.25, -0.2) is 0 Å². The van der Waals surface area contributed by atoms with Crippen LogP contribution in [0, 0.1) is 17.3 Å². The summed E-state index contributed by atoms with van der Waals surface area (Å²) in [7, 11) is 3.33. The van der Waals surface area contributed by atoms with Crippen molar-refractivity contribution >= 4 is 0 Å². The van der Waals surface area contributed by atoms with E-state index in [-0.39, 0.29) is 11.2 Å². The van der Waals surface area contributed by atoms with Crippen LogP contribution < -0.4 is 4.74 Å². The molecule has 0 spiro atoms. The molecule has 0 unspecified atom stereocenters. The summed E-state index contributed by atoms with van der Waals surface area (Å²) in [6.07, 6.45) is 7.43. The van der Waals surface area contributed by atoms with Crippen LogP contribution in [-0.2, 0) is 15.9 Å². The predicted octanol–water partition coefficient (Wildman–Crippen LogP) is 4.25. The van der Waals surface area contributed by atoms with Crippen LogP contribution in [0.4, 0.5) is 0 Å². The average molecular weight is 346 g/mol. The second kappa shape index (κ2) is 6.48. The van der Waals surface area contributed by atoms with Crippen molar-refractivity contribution in [1.29, 1.82) is 0 Å². The summed E-state index contributed by atoms with van der Waals surface area (Å²) in [5, 5.41) is 10.1. The molecule has 5 atom stereocenters. The van der Waals surface area contributed by atoms with E-state index in [9.17, 15) is 5.11 Å². The Labute approximate surface area is 150 Å². The molecule has 0 saturated heterocycles. The van der Waals surface area contributed by atoms with Crippen LogP contribution in [0.3, 0.4) is 0 Å². The minimum absolute atomic E-state index is 0.272. The van der Waals surface area contributed by atoms with Crippen molar-refractivity contribution in [2.24, 2.45) is 17.3 Å². The van der Waals surface area contributed by atoms with Crippen molar-refractivity contribution in [1.82, 2.24) is 0 Å². The van der Waals surface area contributed by atoms with Crippen LogP contribution in [-0.4, -0.2) is 32.2 Å². The number of fused-ring (bicyclic) bond motifs is 5. The molecule has 2 fully saturated rings. The molecular formula is C21H30O4. The molecule has 0 amide bonds. The van der Waals surface area contributed by atoms with Gasteiger partial charge in [0, 0.05) is 7.11 Å². The second-order valence-corrected chi connectivity index (χ2v) is 8.32. The first-order chi connectivity index (χ1) is 12.1. The number of hydrogen-bond donors (Lipinski definition) is 1. The zero-order chi connectivity index (χ0) is 17.6. The number of aryl methyl sites for hydroxylation is 1. The normalized spacial score (nSPS) is 36.4. The second-order valence-electron chi connectivity index (χ2n) is 8.32. The van der Waals surface area contributed by atoms with E-state index in [0.717, 1.165) is 24.7 Å². The van der Waals surface area contributed by atoms with Crippen LogP contribution in [0.5, 0.6) is 11.5 Å².